The van der Waals surface area contributed by atoms with E-state index in [1.54, 1.807) is 0 Å². The predicted octanol–water partition coefficient (Wildman–Crippen LogP) is 3.20. The third kappa shape index (κ3) is 6.44. The first-order valence-electron chi connectivity index (χ1n) is 6.68. The fourth-order valence-corrected chi connectivity index (χ4v) is 1.76. The SMILES string of the molecule is CCCOCCCNCC(C)c1ccccc1. The van der Waals surface area contributed by atoms with Crippen LogP contribution in [0.1, 0.15) is 38.2 Å². The van der Waals surface area contributed by atoms with Gasteiger partial charge in [0.05, 0.1) is 0 Å². The first-order chi connectivity index (χ1) is 8.34. The minimum Gasteiger partial charge on any atom is -0.381 e. The fraction of sp³-hybridized carbons (Fsp3) is 0.600. The van der Waals surface area contributed by atoms with Crippen molar-refractivity contribution in [2.24, 2.45) is 0 Å². The monoisotopic (exact) mass is 235 g/mol. The van der Waals surface area contributed by atoms with E-state index < -0.39 is 0 Å². The van der Waals surface area contributed by atoms with Crippen LogP contribution in [0.2, 0.25) is 0 Å². The third-order valence-corrected chi connectivity index (χ3v) is 2.81. The Bertz CT molecular complexity index is 274. The lowest BCUT2D eigenvalue weighted by Gasteiger charge is -2.12. The summed E-state index contributed by atoms with van der Waals surface area (Å²) in [6.07, 6.45) is 2.21. The van der Waals surface area contributed by atoms with Gasteiger partial charge in [-0.05, 0) is 30.9 Å². The fourth-order valence-electron chi connectivity index (χ4n) is 1.76. The molecule has 0 aliphatic heterocycles. The summed E-state index contributed by atoms with van der Waals surface area (Å²) in [5, 5.41) is 3.48. The van der Waals surface area contributed by atoms with E-state index in [0.29, 0.717) is 5.92 Å². The van der Waals surface area contributed by atoms with Gasteiger partial charge in [0.25, 0.3) is 0 Å². The highest BCUT2D eigenvalue weighted by molar-refractivity contribution is 5.18. The lowest BCUT2D eigenvalue weighted by Crippen LogP contribution is -2.22. The standard InChI is InChI=1S/C15H25NO/c1-3-11-17-12-7-10-16-13-14(2)15-8-5-4-6-9-15/h4-6,8-9,14,16H,3,7,10-13H2,1-2H3. The number of rotatable bonds is 9. The molecule has 0 aliphatic carbocycles. The van der Waals surface area contributed by atoms with Crippen molar-refractivity contribution in [1.82, 2.24) is 5.32 Å². The van der Waals surface area contributed by atoms with Gasteiger partial charge in [-0.2, -0.15) is 0 Å². The van der Waals surface area contributed by atoms with E-state index in [9.17, 15) is 0 Å². The second kappa shape index (κ2) is 9.20. The molecule has 0 saturated carbocycles. The summed E-state index contributed by atoms with van der Waals surface area (Å²) < 4.78 is 5.43. The molecule has 1 unspecified atom stereocenters. The number of nitrogens with one attached hydrogen (secondary N) is 1. The third-order valence-electron chi connectivity index (χ3n) is 2.81. The zero-order valence-corrected chi connectivity index (χ0v) is 11.1. The highest BCUT2D eigenvalue weighted by Gasteiger charge is 2.03. The Hall–Kier alpha value is -0.860. The molecule has 17 heavy (non-hydrogen) atoms. The molecule has 0 fully saturated rings. The average molecular weight is 235 g/mol. The summed E-state index contributed by atoms with van der Waals surface area (Å²) in [6, 6.07) is 10.6. The molecule has 0 spiro atoms. The summed E-state index contributed by atoms with van der Waals surface area (Å²) in [5.74, 6) is 0.577. The smallest absolute Gasteiger partial charge is 0.0478 e. The summed E-state index contributed by atoms with van der Waals surface area (Å²) >= 11 is 0. The van der Waals surface area contributed by atoms with Crippen molar-refractivity contribution in [1.29, 1.82) is 0 Å². The molecule has 0 aliphatic rings. The Kier molecular flexibility index (Phi) is 7.69. The van der Waals surface area contributed by atoms with Crippen LogP contribution >= 0.6 is 0 Å². The molecular weight excluding hydrogens is 210 g/mol. The maximum atomic E-state index is 5.43. The van der Waals surface area contributed by atoms with Crippen molar-refractivity contribution in [3.8, 4) is 0 Å². The Morgan fingerprint density at radius 3 is 2.65 bits per heavy atom. The van der Waals surface area contributed by atoms with E-state index in [-0.39, 0.29) is 0 Å². The molecule has 0 radical (unpaired) electrons. The molecule has 2 heteroatoms. The van der Waals surface area contributed by atoms with E-state index in [0.717, 1.165) is 39.1 Å². The molecule has 1 aromatic carbocycles. The van der Waals surface area contributed by atoms with E-state index in [2.05, 4.69) is 49.5 Å². The van der Waals surface area contributed by atoms with Gasteiger partial charge >= 0.3 is 0 Å². The average Bonchev–Trinajstić information content (AvgIpc) is 2.38. The molecule has 0 bridgehead atoms. The van der Waals surface area contributed by atoms with Crippen LogP contribution in [0.4, 0.5) is 0 Å². The quantitative estimate of drug-likeness (QED) is 0.664. The zero-order chi connectivity index (χ0) is 12.3. The number of ether oxygens (including phenoxy) is 1. The van der Waals surface area contributed by atoms with Crippen molar-refractivity contribution < 1.29 is 4.74 Å². The van der Waals surface area contributed by atoms with Crippen molar-refractivity contribution >= 4 is 0 Å². The van der Waals surface area contributed by atoms with Crippen molar-refractivity contribution in [3.63, 3.8) is 0 Å². The van der Waals surface area contributed by atoms with E-state index in [1.807, 2.05) is 0 Å². The van der Waals surface area contributed by atoms with Gasteiger partial charge in [0.15, 0.2) is 0 Å². The van der Waals surface area contributed by atoms with Gasteiger partial charge in [0, 0.05) is 19.8 Å². The van der Waals surface area contributed by atoms with Crippen molar-refractivity contribution in [2.45, 2.75) is 32.6 Å². The summed E-state index contributed by atoms with van der Waals surface area (Å²) in [4.78, 5) is 0. The van der Waals surface area contributed by atoms with Gasteiger partial charge in [0.1, 0.15) is 0 Å². The first kappa shape index (κ1) is 14.2. The van der Waals surface area contributed by atoms with Gasteiger partial charge in [-0.25, -0.2) is 0 Å². The van der Waals surface area contributed by atoms with Gasteiger partial charge in [-0.1, -0.05) is 44.2 Å². The Morgan fingerprint density at radius 1 is 1.18 bits per heavy atom. The highest BCUT2D eigenvalue weighted by atomic mass is 16.5. The molecule has 0 saturated heterocycles. The topological polar surface area (TPSA) is 21.3 Å². The summed E-state index contributed by atoms with van der Waals surface area (Å²) in [7, 11) is 0. The van der Waals surface area contributed by atoms with E-state index in [4.69, 9.17) is 4.74 Å². The van der Waals surface area contributed by atoms with Crippen LogP contribution in [0.5, 0.6) is 0 Å². The maximum Gasteiger partial charge on any atom is 0.0478 e. The van der Waals surface area contributed by atoms with Crippen LogP contribution in [-0.2, 0) is 4.74 Å². The molecule has 96 valence electrons. The van der Waals surface area contributed by atoms with Gasteiger partial charge in [-0.15, -0.1) is 0 Å². The zero-order valence-electron chi connectivity index (χ0n) is 11.1. The largest absolute Gasteiger partial charge is 0.381 e. The van der Waals surface area contributed by atoms with Crippen LogP contribution in [-0.4, -0.2) is 26.3 Å². The van der Waals surface area contributed by atoms with Crippen molar-refractivity contribution in [2.75, 3.05) is 26.3 Å². The van der Waals surface area contributed by atoms with E-state index in [1.165, 1.54) is 5.56 Å². The summed E-state index contributed by atoms with van der Waals surface area (Å²) in [5.41, 5.74) is 1.40. The predicted molar refractivity (Wildman–Crippen MR) is 73.5 cm³/mol. The molecule has 2 nitrogen and oxygen atoms in total. The molecule has 1 aromatic rings. The maximum absolute atomic E-state index is 5.43. The number of hydrogen-bond donors (Lipinski definition) is 1. The van der Waals surface area contributed by atoms with Gasteiger partial charge < -0.3 is 10.1 Å². The molecule has 1 rings (SSSR count). The van der Waals surface area contributed by atoms with Crippen LogP contribution in [0.25, 0.3) is 0 Å². The molecule has 0 heterocycles. The number of benzene rings is 1. The van der Waals surface area contributed by atoms with Gasteiger partial charge in [0.2, 0.25) is 0 Å². The molecule has 0 amide bonds. The minimum absolute atomic E-state index is 0.577. The van der Waals surface area contributed by atoms with E-state index >= 15 is 0 Å². The van der Waals surface area contributed by atoms with Crippen molar-refractivity contribution in [3.05, 3.63) is 35.9 Å². The second-order valence-electron chi connectivity index (χ2n) is 4.48. The Morgan fingerprint density at radius 2 is 1.94 bits per heavy atom. The molecule has 0 aromatic heterocycles. The minimum atomic E-state index is 0.577. The van der Waals surface area contributed by atoms with Crippen LogP contribution in [0.3, 0.4) is 0 Å². The second-order valence-corrected chi connectivity index (χ2v) is 4.48. The number of hydrogen-bond acceptors (Lipinski definition) is 2. The lowest BCUT2D eigenvalue weighted by molar-refractivity contribution is 0.132. The summed E-state index contributed by atoms with van der Waals surface area (Å²) in [6.45, 7) is 8.25. The Balaban J connectivity index is 2.03. The molecule has 1 N–H and O–H groups in total. The lowest BCUT2D eigenvalue weighted by atomic mass is 10.0. The van der Waals surface area contributed by atoms with Crippen LogP contribution in [0.15, 0.2) is 30.3 Å². The normalized spacial score (nSPS) is 12.6. The molecule has 1 atom stereocenters. The van der Waals surface area contributed by atoms with Gasteiger partial charge in [-0.3, -0.25) is 0 Å². The van der Waals surface area contributed by atoms with Crippen LogP contribution < -0.4 is 5.32 Å². The molecular formula is C15H25NO. The first-order valence-corrected chi connectivity index (χ1v) is 6.68. The van der Waals surface area contributed by atoms with Crippen LogP contribution in [0, 0.1) is 0 Å². The Labute approximate surface area is 105 Å². The highest BCUT2D eigenvalue weighted by Crippen LogP contribution is 2.12.